The summed E-state index contributed by atoms with van der Waals surface area (Å²) in [4.78, 5) is 0. The fourth-order valence-corrected chi connectivity index (χ4v) is 8.55. The van der Waals surface area contributed by atoms with Gasteiger partial charge in [-0.3, -0.25) is 0 Å². The normalized spacial score (nSPS) is 11.7. The van der Waals surface area contributed by atoms with Gasteiger partial charge in [-0.1, -0.05) is 284 Å². The lowest BCUT2D eigenvalue weighted by atomic mass is 10.0. The van der Waals surface area contributed by atoms with Crippen molar-refractivity contribution in [3.8, 4) is 0 Å². The quantitative estimate of drug-likeness (QED) is 0.0621. The van der Waals surface area contributed by atoms with Gasteiger partial charge in [0.15, 0.2) is 0 Å². The van der Waals surface area contributed by atoms with Crippen LogP contribution in [0.2, 0.25) is 0 Å². The summed E-state index contributed by atoms with van der Waals surface area (Å²) in [6.07, 6.45) is 65.7. The van der Waals surface area contributed by atoms with E-state index in [0.29, 0.717) is 0 Å². The maximum Gasteiger partial charge on any atom is 0.0478 e. The molecular weight excluding hydrogens is 695 g/mol. The minimum Gasteiger partial charge on any atom is -0.381 e. The summed E-state index contributed by atoms with van der Waals surface area (Å²) in [7, 11) is 0. The molecule has 0 aliphatic rings. The van der Waals surface area contributed by atoms with Gasteiger partial charge in [0, 0.05) is 26.4 Å². The SMILES string of the molecule is CCCCCCCCCCCCCCCCCCCCCCCCOCCCNCCCOCCCCCCCCCCCCCCCCCCCCCCCC. The molecule has 0 saturated heterocycles. The molecule has 3 heteroatoms. The number of rotatable bonds is 54. The van der Waals surface area contributed by atoms with Crippen molar-refractivity contribution in [3.63, 3.8) is 0 Å². The molecule has 3 nitrogen and oxygen atoms in total. The average molecular weight is 806 g/mol. The first-order chi connectivity index (χ1) is 28.4. The number of hydrogen-bond acceptors (Lipinski definition) is 3. The van der Waals surface area contributed by atoms with Crippen molar-refractivity contribution in [1.82, 2.24) is 5.32 Å². The highest BCUT2D eigenvalue weighted by atomic mass is 16.5. The van der Waals surface area contributed by atoms with Gasteiger partial charge < -0.3 is 14.8 Å². The molecule has 0 atom stereocenters. The molecule has 0 amide bonds. The van der Waals surface area contributed by atoms with Crippen LogP contribution in [-0.2, 0) is 9.47 Å². The van der Waals surface area contributed by atoms with E-state index in [1.54, 1.807) is 0 Å². The van der Waals surface area contributed by atoms with E-state index in [1.807, 2.05) is 0 Å². The molecule has 0 fully saturated rings. The number of hydrogen-bond donors (Lipinski definition) is 1. The minimum atomic E-state index is 0.905. The molecule has 0 aromatic rings. The Balaban J connectivity index is 3.05. The predicted molar refractivity (Wildman–Crippen MR) is 258 cm³/mol. The van der Waals surface area contributed by atoms with Crippen molar-refractivity contribution in [2.75, 3.05) is 39.5 Å². The molecule has 0 aliphatic carbocycles. The molecule has 0 unspecified atom stereocenters. The third-order valence-electron chi connectivity index (χ3n) is 12.6. The minimum absolute atomic E-state index is 0.905. The molecule has 0 aromatic heterocycles. The number of ether oxygens (including phenoxy) is 2. The van der Waals surface area contributed by atoms with Gasteiger partial charge >= 0.3 is 0 Å². The molecule has 57 heavy (non-hydrogen) atoms. The van der Waals surface area contributed by atoms with E-state index >= 15 is 0 Å². The van der Waals surface area contributed by atoms with Crippen molar-refractivity contribution in [2.24, 2.45) is 0 Å². The van der Waals surface area contributed by atoms with Crippen LogP contribution in [0.3, 0.4) is 0 Å². The van der Waals surface area contributed by atoms with Crippen LogP contribution >= 0.6 is 0 Å². The molecule has 0 aromatic carbocycles. The van der Waals surface area contributed by atoms with E-state index in [9.17, 15) is 0 Å². The Morgan fingerprint density at radius 2 is 0.351 bits per heavy atom. The molecule has 0 spiro atoms. The second kappa shape index (κ2) is 55.9. The molecule has 0 saturated carbocycles. The Hall–Kier alpha value is -0.120. The van der Waals surface area contributed by atoms with Gasteiger partial charge in [-0.05, 0) is 38.8 Å². The molecule has 0 aliphatic heterocycles. The molecule has 0 rings (SSSR count). The van der Waals surface area contributed by atoms with E-state index in [-0.39, 0.29) is 0 Å². The van der Waals surface area contributed by atoms with E-state index < -0.39 is 0 Å². The third kappa shape index (κ3) is 55.9. The van der Waals surface area contributed by atoms with E-state index in [1.165, 1.54) is 283 Å². The van der Waals surface area contributed by atoms with Crippen LogP contribution in [0.1, 0.15) is 309 Å². The van der Waals surface area contributed by atoms with Gasteiger partial charge in [-0.25, -0.2) is 0 Å². The first kappa shape index (κ1) is 56.9. The first-order valence-corrected chi connectivity index (χ1v) is 27.3. The van der Waals surface area contributed by atoms with E-state index in [0.717, 1.165) is 52.4 Å². The monoisotopic (exact) mass is 806 g/mol. The highest BCUT2D eigenvalue weighted by Gasteiger charge is 1.99. The van der Waals surface area contributed by atoms with Gasteiger partial charge in [0.25, 0.3) is 0 Å². The molecular formula is C54H111NO2. The first-order valence-electron chi connectivity index (χ1n) is 27.3. The summed E-state index contributed by atoms with van der Waals surface area (Å²) in [5, 5.41) is 3.56. The lowest BCUT2D eigenvalue weighted by molar-refractivity contribution is 0.123. The lowest BCUT2D eigenvalue weighted by Gasteiger charge is -2.07. The van der Waals surface area contributed by atoms with Crippen LogP contribution in [0.25, 0.3) is 0 Å². The second-order valence-corrected chi connectivity index (χ2v) is 18.5. The van der Waals surface area contributed by atoms with Gasteiger partial charge in [0.2, 0.25) is 0 Å². The van der Waals surface area contributed by atoms with Gasteiger partial charge in [0.05, 0.1) is 0 Å². The zero-order chi connectivity index (χ0) is 40.9. The summed E-state index contributed by atoms with van der Waals surface area (Å²) in [6, 6.07) is 0. The maximum absolute atomic E-state index is 5.88. The van der Waals surface area contributed by atoms with Crippen LogP contribution < -0.4 is 5.32 Å². The van der Waals surface area contributed by atoms with Crippen molar-refractivity contribution in [3.05, 3.63) is 0 Å². The molecule has 1 N–H and O–H groups in total. The highest BCUT2D eigenvalue weighted by molar-refractivity contribution is 4.54. The third-order valence-corrected chi connectivity index (χ3v) is 12.6. The van der Waals surface area contributed by atoms with Crippen molar-refractivity contribution in [2.45, 2.75) is 309 Å². The smallest absolute Gasteiger partial charge is 0.0478 e. The summed E-state index contributed by atoms with van der Waals surface area (Å²) in [5.41, 5.74) is 0. The standard InChI is InChI=1S/C54H111NO2/c1-3-5-7-9-11-13-15-17-19-21-23-25-27-29-31-33-35-37-39-41-43-45-51-56-53-47-49-55-50-48-54-57-52-46-44-42-40-38-36-34-32-30-28-26-24-22-20-18-16-14-12-10-8-6-4-2/h55H,3-54H2,1-2H3. The molecule has 344 valence electrons. The molecule has 0 heterocycles. The average Bonchev–Trinajstić information content (AvgIpc) is 3.22. The van der Waals surface area contributed by atoms with Gasteiger partial charge in [-0.15, -0.1) is 0 Å². The molecule has 0 radical (unpaired) electrons. The summed E-state index contributed by atoms with van der Waals surface area (Å²) < 4.78 is 11.8. The Morgan fingerprint density at radius 3 is 0.544 bits per heavy atom. The number of unbranched alkanes of at least 4 members (excludes halogenated alkanes) is 42. The van der Waals surface area contributed by atoms with Crippen LogP contribution in [0, 0.1) is 0 Å². The summed E-state index contributed by atoms with van der Waals surface area (Å²) >= 11 is 0. The predicted octanol–water partition coefficient (Wildman–Crippen LogP) is 18.6. The Bertz CT molecular complexity index is 602. The van der Waals surface area contributed by atoms with Crippen molar-refractivity contribution in [1.29, 1.82) is 0 Å². The fraction of sp³-hybridized carbons (Fsp3) is 1.00. The fourth-order valence-electron chi connectivity index (χ4n) is 8.55. The Morgan fingerprint density at radius 1 is 0.193 bits per heavy atom. The summed E-state index contributed by atoms with van der Waals surface area (Å²) in [5.74, 6) is 0. The second-order valence-electron chi connectivity index (χ2n) is 18.5. The number of nitrogens with one attached hydrogen (secondary N) is 1. The zero-order valence-corrected chi connectivity index (χ0v) is 40.1. The van der Waals surface area contributed by atoms with E-state index in [4.69, 9.17) is 9.47 Å². The van der Waals surface area contributed by atoms with Crippen LogP contribution in [0.5, 0.6) is 0 Å². The largest absolute Gasteiger partial charge is 0.381 e. The summed E-state index contributed by atoms with van der Waals surface area (Å²) in [6.45, 7) is 10.5. The van der Waals surface area contributed by atoms with Crippen LogP contribution in [-0.4, -0.2) is 39.5 Å². The molecule has 0 bridgehead atoms. The highest BCUT2D eigenvalue weighted by Crippen LogP contribution is 2.17. The Labute approximate surface area is 362 Å². The zero-order valence-electron chi connectivity index (χ0n) is 40.1. The van der Waals surface area contributed by atoms with Crippen molar-refractivity contribution >= 4 is 0 Å². The van der Waals surface area contributed by atoms with Crippen LogP contribution in [0.15, 0.2) is 0 Å². The topological polar surface area (TPSA) is 30.5 Å². The lowest BCUT2D eigenvalue weighted by Crippen LogP contribution is -2.19. The van der Waals surface area contributed by atoms with E-state index in [2.05, 4.69) is 19.2 Å². The van der Waals surface area contributed by atoms with Crippen molar-refractivity contribution < 1.29 is 9.47 Å². The Kier molecular flexibility index (Phi) is 55.8. The maximum atomic E-state index is 5.88. The van der Waals surface area contributed by atoms with Crippen LogP contribution in [0.4, 0.5) is 0 Å². The van der Waals surface area contributed by atoms with Gasteiger partial charge in [0.1, 0.15) is 0 Å². The van der Waals surface area contributed by atoms with Gasteiger partial charge in [-0.2, -0.15) is 0 Å².